The topological polar surface area (TPSA) is 77.4 Å². The van der Waals surface area contributed by atoms with Gasteiger partial charge in [0.25, 0.3) is 0 Å². The van der Waals surface area contributed by atoms with Crippen molar-refractivity contribution in [3.63, 3.8) is 0 Å². The normalized spacial score (nSPS) is 10.4. The zero-order valence-electron chi connectivity index (χ0n) is 5.49. The molecule has 0 aromatic heterocycles. The zero-order chi connectivity index (χ0) is 8.08. The first kappa shape index (κ1) is 12.0. The SMILES string of the molecule is C[S+](C)C.O=S(=O)([O-])O. The second-order valence-corrected chi connectivity index (χ2v) is 4.96. The molecule has 0 aliphatic rings. The molecular formula is C3H10O4S2. The zero-order valence-corrected chi connectivity index (χ0v) is 7.12. The van der Waals surface area contributed by atoms with Gasteiger partial charge in [0.2, 0.25) is 10.4 Å². The van der Waals surface area contributed by atoms with E-state index < -0.39 is 10.4 Å². The van der Waals surface area contributed by atoms with E-state index >= 15 is 0 Å². The predicted octanol–water partition coefficient (Wildman–Crippen LogP) is -0.501. The maximum atomic E-state index is 8.63. The highest BCUT2D eigenvalue weighted by molar-refractivity contribution is 7.94. The van der Waals surface area contributed by atoms with Crippen molar-refractivity contribution in [1.29, 1.82) is 0 Å². The van der Waals surface area contributed by atoms with E-state index in [9.17, 15) is 0 Å². The van der Waals surface area contributed by atoms with Crippen LogP contribution in [0.5, 0.6) is 0 Å². The van der Waals surface area contributed by atoms with Crippen molar-refractivity contribution in [2.45, 2.75) is 0 Å². The Morgan fingerprint density at radius 3 is 1.33 bits per heavy atom. The van der Waals surface area contributed by atoms with Crippen molar-refractivity contribution in [1.82, 2.24) is 0 Å². The molecule has 0 aliphatic heterocycles. The molecule has 9 heavy (non-hydrogen) atoms. The molecule has 0 saturated carbocycles. The van der Waals surface area contributed by atoms with Crippen LogP contribution >= 0.6 is 0 Å². The highest BCUT2D eigenvalue weighted by Gasteiger charge is 1.77. The molecular weight excluding hydrogens is 164 g/mol. The monoisotopic (exact) mass is 174 g/mol. The van der Waals surface area contributed by atoms with Crippen LogP contribution in [-0.2, 0) is 21.3 Å². The van der Waals surface area contributed by atoms with Gasteiger partial charge in [-0.3, -0.25) is 4.55 Å². The lowest BCUT2D eigenvalue weighted by Crippen LogP contribution is -1.90. The molecule has 0 fully saturated rings. The molecule has 0 aromatic rings. The molecule has 0 bridgehead atoms. The van der Waals surface area contributed by atoms with Gasteiger partial charge in [-0.1, -0.05) is 0 Å². The Labute approximate surface area is 58.2 Å². The van der Waals surface area contributed by atoms with Gasteiger partial charge in [0, 0.05) is 0 Å². The fourth-order valence-electron chi connectivity index (χ4n) is 0. The van der Waals surface area contributed by atoms with E-state index in [-0.39, 0.29) is 0 Å². The van der Waals surface area contributed by atoms with Gasteiger partial charge in [-0.15, -0.1) is 0 Å². The maximum Gasteiger partial charge on any atom is 0.215 e. The van der Waals surface area contributed by atoms with E-state index in [4.69, 9.17) is 17.5 Å². The molecule has 0 unspecified atom stereocenters. The van der Waals surface area contributed by atoms with Crippen LogP contribution in [0.4, 0.5) is 0 Å². The first-order valence-electron chi connectivity index (χ1n) is 1.91. The van der Waals surface area contributed by atoms with Gasteiger partial charge >= 0.3 is 0 Å². The number of hydrogen-bond acceptors (Lipinski definition) is 3. The van der Waals surface area contributed by atoms with E-state index in [0.717, 1.165) is 0 Å². The van der Waals surface area contributed by atoms with Crippen molar-refractivity contribution >= 4 is 21.3 Å². The fraction of sp³-hybridized carbons (Fsp3) is 1.00. The van der Waals surface area contributed by atoms with Crippen molar-refractivity contribution in [2.24, 2.45) is 0 Å². The average Bonchev–Trinajstić information content (AvgIpc) is 1.19. The Bertz CT molecular complexity index is 125. The van der Waals surface area contributed by atoms with Crippen LogP contribution in [0.1, 0.15) is 0 Å². The summed E-state index contributed by atoms with van der Waals surface area (Å²) in [5.74, 6) is 0. The molecule has 0 spiro atoms. The average molecular weight is 174 g/mol. The molecule has 4 nitrogen and oxygen atoms in total. The quantitative estimate of drug-likeness (QED) is 0.305. The van der Waals surface area contributed by atoms with E-state index in [0.29, 0.717) is 10.9 Å². The van der Waals surface area contributed by atoms with Crippen LogP contribution in [0.25, 0.3) is 0 Å². The van der Waals surface area contributed by atoms with Gasteiger partial charge in [0.15, 0.2) is 0 Å². The van der Waals surface area contributed by atoms with E-state index in [2.05, 4.69) is 18.8 Å². The van der Waals surface area contributed by atoms with Gasteiger partial charge in [-0.2, -0.15) is 0 Å². The largest absolute Gasteiger partial charge is 0.726 e. The second kappa shape index (κ2) is 5.04. The Balaban J connectivity index is 0. The third-order valence-corrected chi connectivity index (χ3v) is 0. The molecule has 1 N–H and O–H groups in total. The van der Waals surface area contributed by atoms with Crippen molar-refractivity contribution < 1.29 is 17.5 Å². The summed E-state index contributed by atoms with van der Waals surface area (Å²) in [6.45, 7) is 0. The molecule has 6 heteroatoms. The Hall–Kier alpha value is 0.220. The molecule has 0 saturated heterocycles. The third-order valence-electron chi connectivity index (χ3n) is 0. The minimum atomic E-state index is -4.92. The van der Waals surface area contributed by atoms with Crippen LogP contribution in [-0.4, -0.2) is 36.3 Å². The van der Waals surface area contributed by atoms with E-state index in [1.807, 2.05) is 0 Å². The lowest BCUT2D eigenvalue weighted by atomic mass is 11.9. The Kier molecular flexibility index (Phi) is 6.69. The number of rotatable bonds is 0. The molecule has 0 rings (SSSR count). The van der Waals surface area contributed by atoms with Crippen LogP contribution in [0.3, 0.4) is 0 Å². The summed E-state index contributed by atoms with van der Waals surface area (Å²) >= 11 is 0. The summed E-state index contributed by atoms with van der Waals surface area (Å²) in [5.41, 5.74) is 0. The van der Waals surface area contributed by atoms with Crippen molar-refractivity contribution in [3.05, 3.63) is 0 Å². The van der Waals surface area contributed by atoms with Gasteiger partial charge in [-0.25, -0.2) is 8.42 Å². The van der Waals surface area contributed by atoms with Gasteiger partial charge in [0.1, 0.15) is 0 Å². The molecule has 58 valence electrons. The molecule has 0 aromatic carbocycles. The summed E-state index contributed by atoms with van der Waals surface area (Å²) < 4.78 is 32.8. The summed E-state index contributed by atoms with van der Waals surface area (Å²) in [7, 11) is -4.28. The van der Waals surface area contributed by atoms with E-state index in [1.165, 1.54) is 0 Å². The fourth-order valence-corrected chi connectivity index (χ4v) is 0. The minimum Gasteiger partial charge on any atom is -0.726 e. The summed E-state index contributed by atoms with van der Waals surface area (Å²) in [5, 5.41) is 0. The van der Waals surface area contributed by atoms with E-state index in [1.54, 1.807) is 0 Å². The van der Waals surface area contributed by atoms with Crippen LogP contribution in [0.2, 0.25) is 0 Å². The van der Waals surface area contributed by atoms with Crippen molar-refractivity contribution in [3.8, 4) is 0 Å². The standard InChI is InChI=1S/C3H9S.H2O4S/c1-4(2)3;1-5(2,3)4/h1-3H3;(H2,1,2,3,4)/q+1;/p-1. The first-order valence-corrected chi connectivity index (χ1v) is 5.72. The Morgan fingerprint density at radius 2 is 1.33 bits per heavy atom. The lowest BCUT2D eigenvalue weighted by Gasteiger charge is -1.88. The maximum absolute atomic E-state index is 8.63. The summed E-state index contributed by atoms with van der Waals surface area (Å²) in [6.07, 6.45) is 6.58. The predicted molar refractivity (Wildman–Crippen MR) is 37.5 cm³/mol. The van der Waals surface area contributed by atoms with Crippen molar-refractivity contribution in [2.75, 3.05) is 18.8 Å². The highest BCUT2D eigenvalue weighted by Crippen LogP contribution is 1.63. The Morgan fingerprint density at radius 1 is 1.33 bits per heavy atom. The van der Waals surface area contributed by atoms with Crippen LogP contribution in [0, 0.1) is 0 Å². The molecule has 0 amide bonds. The van der Waals surface area contributed by atoms with Crippen LogP contribution in [0.15, 0.2) is 0 Å². The third kappa shape index (κ3) is 6570. The smallest absolute Gasteiger partial charge is 0.215 e. The summed E-state index contributed by atoms with van der Waals surface area (Å²) in [4.78, 5) is 0. The highest BCUT2D eigenvalue weighted by atomic mass is 32.3. The molecule has 0 heterocycles. The molecule has 0 aliphatic carbocycles. The second-order valence-electron chi connectivity index (χ2n) is 1.65. The first-order chi connectivity index (χ1) is 3.73. The summed E-state index contributed by atoms with van der Waals surface area (Å²) in [6, 6.07) is 0. The van der Waals surface area contributed by atoms with Gasteiger partial charge < -0.3 is 4.55 Å². The lowest BCUT2D eigenvalue weighted by molar-refractivity contribution is 0.366. The number of hydrogen-bond donors (Lipinski definition) is 1. The molecule has 0 radical (unpaired) electrons. The minimum absolute atomic E-state index is 0.639. The van der Waals surface area contributed by atoms with Gasteiger partial charge in [-0.05, 0) is 10.9 Å². The van der Waals surface area contributed by atoms with Gasteiger partial charge in [0.05, 0.1) is 18.8 Å². The molecule has 0 atom stereocenters. The van der Waals surface area contributed by atoms with Crippen LogP contribution < -0.4 is 0 Å².